The molecule has 1 saturated carbocycles. The molecule has 3 rings (SSSR count). The summed E-state index contributed by atoms with van der Waals surface area (Å²) in [6, 6.07) is 11.0. The van der Waals surface area contributed by atoms with Crippen LogP contribution in [0.1, 0.15) is 43.2 Å². The van der Waals surface area contributed by atoms with Crippen molar-refractivity contribution in [2.24, 2.45) is 11.1 Å². The van der Waals surface area contributed by atoms with Gasteiger partial charge >= 0.3 is 15.5 Å². The molecule has 1 N–H and O–H groups in total. The van der Waals surface area contributed by atoms with Gasteiger partial charge in [0.25, 0.3) is 0 Å². The molecular weight excluding hydrogens is 453 g/mol. The van der Waals surface area contributed by atoms with E-state index >= 15 is 0 Å². The smallest absolute Gasteiger partial charge is 0.357 e. The van der Waals surface area contributed by atoms with Gasteiger partial charge in [0.05, 0.1) is 11.4 Å². The first kappa shape index (κ1) is 23.4. The fourth-order valence-electron chi connectivity index (χ4n) is 3.48. The summed E-state index contributed by atoms with van der Waals surface area (Å²) in [4.78, 5) is 5.55. The van der Waals surface area contributed by atoms with Crippen LogP contribution in [0.4, 0.5) is 18.9 Å². The highest BCUT2D eigenvalue weighted by molar-refractivity contribution is 7.93. The summed E-state index contributed by atoms with van der Waals surface area (Å²) in [5.74, 6) is 0.333. The zero-order valence-electron chi connectivity index (χ0n) is 16.7. The molecule has 168 valence electrons. The number of hydrogen-bond acceptors (Lipinski definition) is 4. The Hall–Kier alpha value is -2.26. The Kier molecular flexibility index (Phi) is 7.16. The lowest BCUT2D eigenvalue weighted by molar-refractivity contribution is -0.0429. The van der Waals surface area contributed by atoms with E-state index in [1.54, 1.807) is 42.0 Å². The van der Waals surface area contributed by atoms with Crippen molar-refractivity contribution in [2.45, 2.75) is 44.5 Å². The monoisotopic (exact) mass is 474 g/mol. The van der Waals surface area contributed by atoms with Crippen LogP contribution in [0.3, 0.4) is 0 Å². The summed E-state index contributed by atoms with van der Waals surface area (Å²) in [5.41, 5.74) is -4.18. The van der Waals surface area contributed by atoms with E-state index in [9.17, 15) is 21.6 Å². The van der Waals surface area contributed by atoms with Crippen LogP contribution < -0.4 is 9.56 Å². The maximum atomic E-state index is 13.0. The van der Waals surface area contributed by atoms with Gasteiger partial charge in [-0.1, -0.05) is 47.6 Å². The molecule has 2 aromatic rings. The number of rotatable bonds is 6. The van der Waals surface area contributed by atoms with Gasteiger partial charge in [-0.2, -0.15) is 21.6 Å². The summed E-state index contributed by atoms with van der Waals surface area (Å²) in [7, 11) is -5.58. The SMILES string of the molecule is Cc1ccc(NS(=O)(=O)C(F)(F)F)c(/C(=N/Oc2ccc(Cl)cc2)C2CCCCC2)c1. The summed E-state index contributed by atoms with van der Waals surface area (Å²) >= 11 is 5.88. The maximum Gasteiger partial charge on any atom is 0.516 e. The Bertz CT molecular complexity index is 1050. The standard InChI is InChI=1S/C21H22ClF3N2O3S/c1-14-7-12-19(27-31(28,29)21(23,24)25)18(13-14)20(15-5-3-2-4-6-15)26-30-17-10-8-16(22)9-11-17/h7-13,15,27H,2-6H2,1H3/b26-20+. The molecule has 0 aromatic heterocycles. The Morgan fingerprint density at radius 3 is 2.35 bits per heavy atom. The van der Waals surface area contributed by atoms with Crippen LogP contribution in [0, 0.1) is 12.8 Å². The molecule has 0 heterocycles. The normalized spacial score (nSPS) is 16.2. The molecule has 0 amide bonds. The van der Waals surface area contributed by atoms with Crippen molar-refractivity contribution in [1.29, 1.82) is 0 Å². The third-order valence-corrected chi connectivity index (χ3v) is 6.41. The van der Waals surface area contributed by atoms with Gasteiger partial charge in [0.2, 0.25) is 0 Å². The summed E-state index contributed by atoms with van der Waals surface area (Å²) in [6.07, 6.45) is 4.51. The second-order valence-electron chi connectivity index (χ2n) is 7.46. The lowest BCUT2D eigenvalue weighted by Gasteiger charge is -2.25. The molecule has 2 aromatic carbocycles. The van der Waals surface area contributed by atoms with E-state index in [4.69, 9.17) is 16.4 Å². The predicted molar refractivity (Wildman–Crippen MR) is 115 cm³/mol. The summed E-state index contributed by atoms with van der Waals surface area (Å²) in [6.45, 7) is 1.77. The Morgan fingerprint density at radius 1 is 1.10 bits per heavy atom. The van der Waals surface area contributed by atoms with E-state index in [0.717, 1.165) is 37.7 Å². The van der Waals surface area contributed by atoms with Crippen LogP contribution in [0.25, 0.3) is 0 Å². The number of sulfonamides is 1. The lowest BCUT2D eigenvalue weighted by atomic mass is 9.82. The minimum Gasteiger partial charge on any atom is -0.357 e. The van der Waals surface area contributed by atoms with Gasteiger partial charge < -0.3 is 4.84 Å². The average molecular weight is 475 g/mol. The molecule has 0 aliphatic heterocycles. The van der Waals surface area contributed by atoms with Gasteiger partial charge in [0, 0.05) is 16.5 Å². The summed E-state index contributed by atoms with van der Waals surface area (Å²) < 4.78 is 64.1. The second-order valence-corrected chi connectivity index (χ2v) is 9.57. The van der Waals surface area contributed by atoms with Crippen molar-refractivity contribution in [3.63, 3.8) is 0 Å². The van der Waals surface area contributed by atoms with Crippen LogP contribution in [0.15, 0.2) is 47.6 Å². The molecule has 5 nitrogen and oxygen atoms in total. The zero-order valence-corrected chi connectivity index (χ0v) is 18.3. The number of halogens is 4. The number of oxime groups is 1. The Morgan fingerprint density at radius 2 is 1.74 bits per heavy atom. The minimum absolute atomic E-state index is 0.0722. The van der Waals surface area contributed by atoms with Crippen molar-refractivity contribution in [3.05, 3.63) is 58.6 Å². The molecule has 10 heteroatoms. The third-order valence-electron chi connectivity index (χ3n) is 5.05. The summed E-state index contributed by atoms with van der Waals surface area (Å²) in [5, 5.41) is 4.79. The molecule has 0 bridgehead atoms. The number of alkyl halides is 3. The van der Waals surface area contributed by atoms with Gasteiger partial charge in [0.1, 0.15) is 0 Å². The minimum atomic E-state index is -5.58. The van der Waals surface area contributed by atoms with Gasteiger partial charge in [-0.25, -0.2) is 0 Å². The third kappa shape index (κ3) is 5.92. The van der Waals surface area contributed by atoms with Crippen molar-refractivity contribution in [3.8, 4) is 5.75 Å². The lowest BCUT2D eigenvalue weighted by Crippen LogP contribution is -2.31. The molecule has 0 unspecified atom stereocenters. The second kappa shape index (κ2) is 9.48. The first-order chi connectivity index (χ1) is 14.6. The highest BCUT2D eigenvalue weighted by Crippen LogP contribution is 2.33. The highest BCUT2D eigenvalue weighted by Gasteiger charge is 2.46. The first-order valence-electron chi connectivity index (χ1n) is 9.77. The largest absolute Gasteiger partial charge is 0.516 e. The highest BCUT2D eigenvalue weighted by atomic mass is 35.5. The molecule has 1 aliphatic carbocycles. The average Bonchev–Trinajstić information content (AvgIpc) is 2.71. The molecule has 1 aliphatic rings. The fourth-order valence-corrected chi connectivity index (χ4v) is 4.19. The van der Waals surface area contributed by atoms with E-state index in [2.05, 4.69) is 5.16 Å². The van der Waals surface area contributed by atoms with E-state index in [0.29, 0.717) is 16.5 Å². The number of aryl methyl sites for hydroxylation is 1. The van der Waals surface area contributed by atoms with E-state index < -0.39 is 15.5 Å². The van der Waals surface area contributed by atoms with E-state index in [1.165, 1.54) is 12.1 Å². The van der Waals surface area contributed by atoms with Crippen molar-refractivity contribution >= 4 is 33.0 Å². The van der Waals surface area contributed by atoms with Crippen molar-refractivity contribution in [1.82, 2.24) is 0 Å². The van der Waals surface area contributed by atoms with E-state index in [-0.39, 0.29) is 17.2 Å². The van der Waals surface area contributed by atoms with Gasteiger partial charge in [-0.05, 0) is 56.2 Å². The first-order valence-corrected chi connectivity index (χ1v) is 11.6. The van der Waals surface area contributed by atoms with Crippen LogP contribution >= 0.6 is 11.6 Å². The van der Waals surface area contributed by atoms with Gasteiger partial charge in [-0.15, -0.1) is 0 Å². The number of nitrogens with zero attached hydrogens (tertiary/aromatic N) is 1. The van der Waals surface area contributed by atoms with Crippen molar-refractivity contribution in [2.75, 3.05) is 4.72 Å². The number of nitrogens with one attached hydrogen (secondary N) is 1. The quantitative estimate of drug-likeness (QED) is 0.396. The molecule has 0 atom stereocenters. The Balaban J connectivity index is 2.04. The number of hydrogen-bond donors (Lipinski definition) is 1. The number of benzene rings is 2. The van der Waals surface area contributed by atoms with Crippen LogP contribution in [-0.4, -0.2) is 19.6 Å². The van der Waals surface area contributed by atoms with E-state index in [1.807, 2.05) is 0 Å². The molecule has 0 spiro atoms. The molecule has 1 fully saturated rings. The predicted octanol–water partition coefficient (Wildman–Crippen LogP) is 6.27. The molecule has 0 saturated heterocycles. The number of anilines is 1. The van der Waals surface area contributed by atoms with Gasteiger partial charge in [0.15, 0.2) is 5.75 Å². The van der Waals surface area contributed by atoms with Crippen molar-refractivity contribution < 1.29 is 26.4 Å². The van der Waals surface area contributed by atoms with Crippen LogP contribution in [0.5, 0.6) is 5.75 Å². The fraction of sp³-hybridized carbons (Fsp3) is 0.381. The maximum absolute atomic E-state index is 13.0. The molecule has 0 radical (unpaired) electrons. The molecule has 31 heavy (non-hydrogen) atoms. The zero-order chi connectivity index (χ0) is 22.6. The topological polar surface area (TPSA) is 67.8 Å². The molecular formula is C21H22ClF3N2O3S. The van der Waals surface area contributed by atoms with Crippen LogP contribution in [-0.2, 0) is 10.0 Å². The van der Waals surface area contributed by atoms with Gasteiger partial charge in [-0.3, -0.25) is 4.72 Å². The Labute approximate surface area is 184 Å². The van der Waals surface area contributed by atoms with Crippen LogP contribution in [0.2, 0.25) is 5.02 Å².